The number of benzene rings is 2. The fourth-order valence-electron chi connectivity index (χ4n) is 4.00. The van der Waals surface area contributed by atoms with Crippen molar-refractivity contribution in [1.29, 1.82) is 0 Å². The second-order valence-corrected chi connectivity index (χ2v) is 12.4. The van der Waals surface area contributed by atoms with E-state index < -0.39 is 29.3 Å². The van der Waals surface area contributed by atoms with Gasteiger partial charge in [0.1, 0.15) is 17.7 Å². The molecule has 208 valence electrons. The highest BCUT2D eigenvalue weighted by Gasteiger charge is 2.41. The van der Waals surface area contributed by atoms with Crippen molar-refractivity contribution in [1.82, 2.24) is 15.5 Å². The molecule has 0 aliphatic carbocycles. The molecule has 0 aromatic heterocycles. The molecule has 2 rings (SSSR count). The van der Waals surface area contributed by atoms with E-state index >= 15 is 0 Å². The van der Waals surface area contributed by atoms with Crippen molar-refractivity contribution in [3.05, 3.63) is 71.3 Å². The molecule has 0 aliphatic heterocycles. The van der Waals surface area contributed by atoms with E-state index in [9.17, 15) is 14.4 Å². The first-order chi connectivity index (χ1) is 17.7. The van der Waals surface area contributed by atoms with Crippen molar-refractivity contribution in [2.75, 3.05) is 12.0 Å². The summed E-state index contributed by atoms with van der Waals surface area (Å²) in [5.41, 5.74) is 1.27. The predicted molar refractivity (Wildman–Crippen MR) is 155 cm³/mol. The number of rotatable bonds is 10. The number of ether oxygens (including phenoxy) is 1. The van der Waals surface area contributed by atoms with Gasteiger partial charge in [0, 0.05) is 12.1 Å². The van der Waals surface area contributed by atoms with E-state index in [1.807, 2.05) is 88.5 Å². The summed E-state index contributed by atoms with van der Waals surface area (Å²) in [6.07, 6.45) is 1.69. The van der Waals surface area contributed by atoms with Gasteiger partial charge in [-0.15, -0.1) is 0 Å². The summed E-state index contributed by atoms with van der Waals surface area (Å²) in [7, 11) is 0. The molecule has 0 saturated carbocycles. The van der Waals surface area contributed by atoms with Crippen LogP contribution in [0.4, 0.5) is 4.79 Å². The quantitative estimate of drug-likeness (QED) is 0.407. The van der Waals surface area contributed by atoms with Gasteiger partial charge in [0.05, 0.1) is 0 Å². The maximum Gasteiger partial charge on any atom is 0.408 e. The molecule has 8 heteroatoms. The van der Waals surface area contributed by atoms with Crippen molar-refractivity contribution in [3.63, 3.8) is 0 Å². The van der Waals surface area contributed by atoms with Crippen LogP contribution in [0, 0.1) is 6.92 Å². The number of alkyl carbamates (subject to hydrolysis) is 1. The molecular weight excluding hydrogens is 498 g/mol. The molecule has 0 fully saturated rings. The SMILES string of the molecule is CSCCC(NC(=O)OC(C)(C)C)C(=O)N(C(C(=O)NCc1ccccc1)c1ccc(C)cc1)C(C)(C)C. The normalized spacial score (nSPS) is 13.3. The minimum Gasteiger partial charge on any atom is -0.444 e. The van der Waals surface area contributed by atoms with Crippen LogP contribution >= 0.6 is 11.8 Å². The molecule has 2 unspecified atom stereocenters. The Morgan fingerprint density at radius 1 is 0.947 bits per heavy atom. The van der Waals surface area contributed by atoms with Gasteiger partial charge in [0.25, 0.3) is 0 Å². The summed E-state index contributed by atoms with van der Waals surface area (Å²) in [6, 6.07) is 15.5. The van der Waals surface area contributed by atoms with E-state index in [2.05, 4.69) is 10.6 Å². The standard InChI is InChI=1S/C30H43N3O4S/c1-21-14-16-23(17-15-21)25(26(34)31-20-22-12-10-9-11-13-22)33(29(2,3)4)27(35)24(18-19-38-8)32-28(36)37-30(5,6)7/h9-17,24-25H,18-20H2,1-8H3,(H,31,34)(H,32,36). The van der Waals surface area contributed by atoms with Gasteiger partial charge in [-0.3, -0.25) is 9.59 Å². The van der Waals surface area contributed by atoms with E-state index in [0.717, 1.165) is 11.1 Å². The first-order valence-electron chi connectivity index (χ1n) is 12.9. The largest absolute Gasteiger partial charge is 0.444 e. The zero-order valence-corrected chi connectivity index (χ0v) is 24.8. The molecule has 0 spiro atoms. The maximum absolute atomic E-state index is 14.2. The molecule has 0 radical (unpaired) electrons. The Morgan fingerprint density at radius 3 is 2.08 bits per heavy atom. The number of hydrogen-bond donors (Lipinski definition) is 2. The van der Waals surface area contributed by atoms with Gasteiger partial charge >= 0.3 is 6.09 Å². The van der Waals surface area contributed by atoms with Gasteiger partial charge in [-0.25, -0.2) is 4.79 Å². The van der Waals surface area contributed by atoms with Gasteiger partial charge < -0.3 is 20.3 Å². The number of amides is 3. The lowest BCUT2D eigenvalue weighted by atomic mass is 9.94. The number of nitrogens with zero attached hydrogens (tertiary/aromatic N) is 1. The number of aryl methyl sites for hydroxylation is 1. The van der Waals surface area contributed by atoms with E-state index in [0.29, 0.717) is 24.3 Å². The monoisotopic (exact) mass is 541 g/mol. The minimum atomic E-state index is -0.899. The highest BCUT2D eigenvalue weighted by atomic mass is 32.2. The predicted octanol–water partition coefficient (Wildman–Crippen LogP) is 5.63. The van der Waals surface area contributed by atoms with E-state index in [1.165, 1.54) is 0 Å². The van der Waals surface area contributed by atoms with Crippen LogP contribution in [0.25, 0.3) is 0 Å². The van der Waals surface area contributed by atoms with Crippen molar-refractivity contribution in [2.24, 2.45) is 0 Å². The van der Waals surface area contributed by atoms with Crippen molar-refractivity contribution >= 4 is 29.7 Å². The summed E-state index contributed by atoms with van der Waals surface area (Å²) in [4.78, 5) is 42.3. The van der Waals surface area contributed by atoms with Crippen LogP contribution in [0.1, 0.15) is 70.7 Å². The van der Waals surface area contributed by atoms with Crippen LogP contribution in [-0.4, -0.2) is 52.0 Å². The molecule has 7 nitrogen and oxygen atoms in total. The zero-order chi connectivity index (χ0) is 28.5. The van der Waals surface area contributed by atoms with Crippen molar-refractivity contribution in [3.8, 4) is 0 Å². The molecule has 2 aromatic rings. The van der Waals surface area contributed by atoms with E-state index in [-0.39, 0.29) is 11.8 Å². The Kier molecular flexibility index (Phi) is 11.2. The number of hydrogen-bond acceptors (Lipinski definition) is 5. The highest BCUT2D eigenvalue weighted by molar-refractivity contribution is 7.98. The molecule has 2 atom stereocenters. The van der Waals surface area contributed by atoms with E-state index in [1.54, 1.807) is 37.4 Å². The fraction of sp³-hybridized carbons (Fsp3) is 0.500. The second kappa shape index (κ2) is 13.7. The van der Waals surface area contributed by atoms with Gasteiger partial charge in [-0.2, -0.15) is 11.8 Å². The Bertz CT molecular complexity index is 1060. The van der Waals surface area contributed by atoms with Crippen LogP contribution < -0.4 is 10.6 Å². The van der Waals surface area contributed by atoms with Gasteiger partial charge in [0.15, 0.2) is 0 Å². The molecule has 0 bridgehead atoms. The molecular formula is C30H43N3O4S. The number of carbonyl (C=O) groups excluding carboxylic acids is 3. The van der Waals surface area contributed by atoms with Crippen LogP contribution in [0.2, 0.25) is 0 Å². The van der Waals surface area contributed by atoms with Gasteiger partial charge in [-0.1, -0.05) is 60.2 Å². The Morgan fingerprint density at radius 2 is 1.55 bits per heavy atom. The average Bonchev–Trinajstić information content (AvgIpc) is 2.82. The van der Waals surface area contributed by atoms with Gasteiger partial charge in [0.2, 0.25) is 11.8 Å². The lowest BCUT2D eigenvalue weighted by Gasteiger charge is -2.43. The summed E-state index contributed by atoms with van der Waals surface area (Å²) in [5.74, 6) is 0.0271. The van der Waals surface area contributed by atoms with Crippen LogP contribution in [0.5, 0.6) is 0 Å². The third-order valence-corrected chi connectivity index (χ3v) is 6.41. The van der Waals surface area contributed by atoms with Crippen molar-refractivity contribution in [2.45, 2.75) is 84.7 Å². The smallest absolute Gasteiger partial charge is 0.408 e. The maximum atomic E-state index is 14.2. The third-order valence-electron chi connectivity index (χ3n) is 5.77. The second-order valence-electron chi connectivity index (χ2n) is 11.4. The summed E-state index contributed by atoms with van der Waals surface area (Å²) >= 11 is 1.58. The number of thioether (sulfide) groups is 1. The van der Waals surface area contributed by atoms with Crippen LogP contribution in [0.3, 0.4) is 0 Å². The van der Waals surface area contributed by atoms with Crippen LogP contribution in [-0.2, 0) is 20.9 Å². The highest BCUT2D eigenvalue weighted by Crippen LogP contribution is 2.31. The molecule has 3 amide bonds. The molecule has 2 aromatic carbocycles. The Labute approximate surface area is 232 Å². The number of carbonyl (C=O) groups is 3. The molecule has 0 heterocycles. The van der Waals surface area contributed by atoms with E-state index in [4.69, 9.17) is 4.74 Å². The minimum absolute atomic E-state index is 0.290. The average molecular weight is 542 g/mol. The molecule has 38 heavy (non-hydrogen) atoms. The lowest BCUT2D eigenvalue weighted by Crippen LogP contribution is -2.58. The summed E-state index contributed by atoms with van der Waals surface area (Å²) < 4.78 is 5.45. The summed E-state index contributed by atoms with van der Waals surface area (Å²) in [5, 5.41) is 5.80. The zero-order valence-electron chi connectivity index (χ0n) is 24.0. The third kappa shape index (κ3) is 9.71. The van der Waals surface area contributed by atoms with Crippen molar-refractivity contribution < 1.29 is 19.1 Å². The summed E-state index contributed by atoms with van der Waals surface area (Å²) in [6.45, 7) is 13.3. The fourth-order valence-corrected chi connectivity index (χ4v) is 4.48. The Hall–Kier alpha value is -3.00. The lowest BCUT2D eigenvalue weighted by molar-refractivity contribution is -0.148. The first-order valence-corrected chi connectivity index (χ1v) is 14.3. The first kappa shape index (κ1) is 31.2. The molecule has 0 aliphatic rings. The topological polar surface area (TPSA) is 87.7 Å². The van der Waals surface area contributed by atoms with Gasteiger partial charge in [-0.05, 0) is 78.0 Å². The molecule has 2 N–H and O–H groups in total. The van der Waals surface area contributed by atoms with Crippen LogP contribution in [0.15, 0.2) is 54.6 Å². The molecule has 0 saturated heterocycles. The Balaban J connectivity index is 2.48. The number of nitrogens with one attached hydrogen (secondary N) is 2.